The van der Waals surface area contributed by atoms with Crippen LogP contribution in [-0.2, 0) is 36.8 Å². The van der Waals surface area contributed by atoms with E-state index in [-0.39, 0.29) is 38.1 Å². The molecule has 2 aromatic rings. The molecule has 0 aromatic heterocycles. The molecular weight excluding hydrogens is 580 g/mol. The van der Waals surface area contributed by atoms with Crippen LogP contribution < -0.4 is 16.4 Å². The van der Waals surface area contributed by atoms with Crippen molar-refractivity contribution in [2.24, 2.45) is 5.73 Å². The molecule has 0 aliphatic heterocycles. The van der Waals surface area contributed by atoms with Gasteiger partial charge in [-0.2, -0.15) is 0 Å². The molecule has 11 heteroatoms. The molecule has 0 bridgehead atoms. The highest BCUT2D eigenvalue weighted by atomic mass is 79.9. The summed E-state index contributed by atoms with van der Waals surface area (Å²) in [6, 6.07) is 14.8. The molecular formula is C29H39BrN4O6. The summed E-state index contributed by atoms with van der Waals surface area (Å²) in [6.45, 7) is 4.76. The summed E-state index contributed by atoms with van der Waals surface area (Å²) in [6.07, 6.45) is 0.652. The Labute approximate surface area is 244 Å². The fourth-order valence-corrected chi connectivity index (χ4v) is 4.42. The van der Waals surface area contributed by atoms with Gasteiger partial charge in [0.15, 0.2) is 6.29 Å². The third-order valence-corrected chi connectivity index (χ3v) is 6.87. The number of nitrogens with one attached hydrogen (secondary N) is 2. The molecule has 2 unspecified atom stereocenters. The van der Waals surface area contributed by atoms with Gasteiger partial charge >= 0.3 is 6.09 Å². The molecule has 2 aromatic carbocycles. The predicted octanol–water partition coefficient (Wildman–Crippen LogP) is 3.12. The van der Waals surface area contributed by atoms with Gasteiger partial charge in [0.2, 0.25) is 11.8 Å². The van der Waals surface area contributed by atoms with E-state index in [2.05, 4.69) is 26.6 Å². The molecule has 0 heterocycles. The van der Waals surface area contributed by atoms with E-state index in [0.29, 0.717) is 13.2 Å². The first-order valence-electron chi connectivity index (χ1n) is 13.6. The summed E-state index contributed by atoms with van der Waals surface area (Å²) < 4.78 is 17.5. The number of nitrogens with two attached hydrogens (primary N) is 1. The van der Waals surface area contributed by atoms with Gasteiger partial charge < -0.3 is 35.5 Å². The first-order valence-corrected chi connectivity index (χ1v) is 14.4. The molecule has 0 radical (unpaired) electrons. The summed E-state index contributed by atoms with van der Waals surface area (Å²) in [5, 5.41) is 5.35. The Morgan fingerprint density at radius 1 is 0.950 bits per heavy atom. The van der Waals surface area contributed by atoms with E-state index >= 15 is 0 Å². The standard InChI is InChI=1S/C29H39BrN4O6/c1-3-38-26(39-4-2)18-34(23-14-15-23)28(36)24(16-20-10-12-22(30)13-11-20)32-27(35)25(17-31)33-29(37)40-19-21-8-6-5-7-9-21/h5-13,23-26H,3-4,14-19,31H2,1-2H3,(H,32,35)(H,33,37). The highest BCUT2D eigenvalue weighted by Gasteiger charge is 2.38. The first kappa shape index (κ1) is 31.5. The number of hydrogen-bond acceptors (Lipinski definition) is 7. The summed E-state index contributed by atoms with van der Waals surface area (Å²) >= 11 is 3.43. The van der Waals surface area contributed by atoms with Crippen LogP contribution in [0.25, 0.3) is 0 Å². The SMILES string of the molecule is CCOC(CN(C(=O)C(Cc1ccc(Br)cc1)NC(=O)C(CN)NC(=O)OCc1ccccc1)C1CC1)OCC. The number of carbonyl (C=O) groups is 3. The monoisotopic (exact) mass is 618 g/mol. The van der Waals surface area contributed by atoms with Crippen molar-refractivity contribution in [1.29, 1.82) is 0 Å². The quantitative estimate of drug-likeness (QED) is 0.246. The van der Waals surface area contributed by atoms with E-state index in [1.807, 2.05) is 68.4 Å². The number of hydrogen-bond donors (Lipinski definition) is 3. The molecule has 1 fully saturated rings. The van der Waals surface area contributed by atoms with Gasteiger partial charge in [-0.15, -0.1) is 0 Å². The van der Waals surface area contributed by atoms with Gasteiger partial charge in [-0.1, -0.05) is 58.4 Å². The highest BCUT2D eigenvalue weighted by Crippen LogP contribution is 2.28. The predicted molar refractivity (Wildman–Crippen MR) is 154 cm³/mol. The van der Waals surface area contributed by atoms with Crippen LogP contribution in [0.3, 0.4) is 0 Å². The largest absolute Gasteiger partial charge is 0.445 e. The van der Waals surface area contributed by atoms with Crippen LogP contribution in [0.5, 0.6) is 0 Å². The summed E-state index contributed by atoms with van der Waals surface area (Å²) in [4.78, 5) is 41.3. The van der Waals surface area contributed by atoms with E-state index < -0.39 is 30.4 Å². The van der Waals surface area contributed by atoms with Crippen molar-refractivity contribution < 1.29 is 28.6 Å². The molecule has 1 aliphatic carbocycles. The maximum absolute atomic E-state index is 13.9. The fraction of sp³-hybridized carbons (Fsp3) is 0.483. The second-order valence-electron chi connectivity index (χ2n) is 9.45. The van der Waals surface area contributed by atoms with Gasteiger partial charge in [0.25, 0.3) is 0 Å². The molecule has 40 heavy (non-hydrogen) atoms. The third kappa shape index (κ3) is 10.2. The number of alkyl carbamates (subject to hydrolysis) is 1. The molecule has 1 saturated carbocycles. The number of benzene rings is 2. The number of ether oxygens (including phenoxy) is 3. The summed E-state index contributed by atoms with van der Waals surface area (Å²) in [5.74, 6) is -0.817. The van der Waals surface area contributed by atoms with Crippen molar-refractivity contribution in [3.8, 4) is 0 Å². The van der Waals surface area contributed by atoms with Crippen molar-refractivity contribution in [3.05, 3.63) is 70.2 Å². The van der Waals surface area contributed by atoms with Crippen molar-refractivity contribution in [2.45, 2.75) is 64.1 Å². The summed E-state index contributed by atoms with van der Waals surface area (Å²) in [5.41, 5.74) is 7.51. The molecule has 2 atom stereocenters. The van der Waals surface area contributed by atoms with Crippen LogP contribution in [0.2, 0.25) is 0 Å². The molecule has 3 amide bonds. The van der Waals surface area contributed by atoms with Gasteiger partial charge in [0.05, 0.1) is 6.54 Å². The smallest absolute Gasteiger partial charge is 0.408 e. The maximum Gasteiger partial charge on any atom is 0.408 e. The van der Waals surface area contributed by atoms with E-state index in [1.54, 1.807) is 4.90 Å². The summed E-state index contributed by atoms with van der Waals surface area (Å²) in [7, 11) is 0. The average Bonchev–Trinajstić information content (AvgIpc) is 3.80. The Morgan fingerprint density at radius 3 is 2.17 bits per heavy atom. The van der Waals surface area contributed by atoms with Crippen molar-refractivity contribution in [3.63, 3.8) is 0 Å². The van der Waals surface area contributed by atoms with Crippen LogP contribution in [-0.4, -0.2) is 73.5 Å². The lowest BCUT2D eigenvalue weighted by atomic mass is 10.0. The maximum atomic E-state index is 13.9. The topological polar surface area (TPSA) is 132 Å². The minimum Gasteiger partial charge on any atom is -0.445 e. The van der Waals surface area contributed by atoms with Crippen LogP contribution in [0, 0.1) is 0 Å². The molecule has 0 spiro atoms. The van der Waals surface area contributed by atoms with E-state index in [9.17, 15) is 14.4 Å². The number of carbonyl (C=O) groups excluding carboxylic acids is 3. The average molecular weight is 620 g/mol. The Bertz CT molecular complexity index is 1080. The third-order valence-electron chi connectivity index (χ3n) is 6.35. The lowest BCUT2D eigenvalue weighted by molar-refractivity contribution is -0.161. The van der Waals surface area contributed by atoms with Gasteiger partial charge in [0, 0.05) is 36.7 Å². The number of rotatable bonds is 16. The number of halogens is 1. The van der Waals surface area contributed by atoms with E-state index in [1.165, 1.54) is 0 Å². The zero-order valence-electron chi connectivity index (χ0n) is 23.0. The fourth-order valence-electron chi connectivity index (χ4n) is 4.16. The Morgan fingerprint density at radius 2 is 1.60 bits per heavy atom. The van der Waals surface area contributed by atoms with Crippen molar-refractivity contribution in [2.75, 3.05) is 26.3 Å². The van der Waals surface area contributed by atoms with E-state index in [4.69, 9.17) is 19.9 Å². The molecule has 1 aliphatic rings. The highest BCUT2D eigenvalue weighted by molar-refractivity contribution is 9.10. The Kier molecular flexibility index (Phi) is 12.9. The van der Waals surface area contributed by atoms with E-state index in [0.717, 1.165) is 28.4 Å². The molecule has 10 nitrogen and oxygen atoms in total. The van der Waals surface area contributed by atoms with Crippen LogP contribution in [0.15, 0.2) is 59.1 Å². The van der Waals surface area contributed by atoms with Gasteiger partial charge in [-0.05, 0) is 49.9 Å². The molecule has 0 saturated heterocycles. The van der Waals surface area contributed by atoms with Gasteiger partial charge in [-0.25, -0.2) is 4.79 Å². The van der Waals surface area contributed by atoms with Gasteiger partial charge in [-0.3, -0.25) is 9.59 Å². The van der Waals surface area contributed by atoms with Crippen LogP contribution in [0.1, 0.15) is 37.8 Å². The molecule has 218 valence electrons. The zero-order chi connectivity index (χ0) is 28.9. The van der Waals surface area contributed by atoms with Crippen LogP contribution >= 0.6 is 15.9 Å². The minimum absolute atomic E-state index is 0.0490. The lowest BCUT2D eigenvalue weighted by Crippen LogP contribution is -2.58. The van der Waals surface area contributed by atoms with Crippen molar-refractivity contribution in [1.82, 2.24) is 15.5 Å². The van der Waals surface area contributed by atoms with Gasteiger partial charge in [0.1, 0.15) is 18.7 Å². The molecule has 3 rings (SSSR count). The van der Waals surface area contributed by atoms with Crippen LogP contribution in [0.4, 0.5) is 4.79 Å². The number of amides is 3. The van der Waals surface area contributed by atoms with Crippen molar-refractivity contribution >= 4 is 33.8 Å². The zero-order valence-corrected chi connectivity index (χ0v) is 24.6. The Hall–Kier alpha value is -2.99. The molecule has 4 N–H and O–H groups in total. The lowest BCUT2D eigenvalue weighted by Gasteiger charge is -2.31. The Balaban J connectivity index is 1.72. The second-order valence-corrected chi connectivity index (χ2v) is 10.4. The normalized spacial score (nSPS) is 14.3. The number of nitrogens with zero attached hydrogens (tertiary/aromatic N) is 1. The first-order chi connectivity index (χ1) is 19.3. The second kappa shape index (κ2) is 16.3. The minimum atomic E-state index is -1.09.